The molecule has 2 heterocycles. The lowest BCUT2D eigenvalue weighted by Crippen LogP contribution is -2.46. The number of nitrogens with one attached hydrogen (secondary N) is 1. The van der Waals surface area contributed by atoms with Crippen LogP contribution in [0.3, 0.4) is 0 Å². The molecule has 0 saturated carbocycles. The van der Waals surface area contributed by atoms with E-state index in [2.05, 4.69) is 15.3 Å². The fourth-order valence-corrected chi connectivity index (χ4v) is 2.77. The summed E-state index contributed by atoms with van der Waals surface area (Å²) in [7, 11) is 1.51. The van der Waals surface area contributed by atoms with Gasteiger partial charge in [0.15, 0.2) is 0 Å². The Morgan fingerprint density at radius 1 is 1.39 bits per heavy atom. The second kappa shape index (κ2) is 8.57. The normalized spacial score (nSPS) is 16.9. The highest BCUT2D eigenvalue weighted by Crippen LogP contribution is 2.18. The van der Waals surface area contributed by atoms with Gasteiger partial charge in [-0.15, -0.1) is 0 Å². The third kappa shape index (κ3) is 5.28. The number of piperidine rings is 1. The molecule has 1 unspecified atom stereocenters. The second-order valence-corrected chi connectivity index (χ2v) is 5.90. The molecule has 1 N–H and O–H groups in total. The van der Waals surface area contributed by atoms with Crippen LogP contribution in [-0.2, 0) is 20.7 Å². The Hall–Kier alpha value is -2.02. The van der Waals surface area contributed by atoms with E-state index in [0.29, 0.717) is 32.4 Å². The molecule has 1 aromatic heterocycles. The van der Waals surface area contributed by atoms with Gasteiger partial charge in [-0.2, -0.15) is 0 Å². The van der Waals surface area contributed by atoms with Gasteiger partial charge in [0, 0.05) is 57.2 Å². The molecule has 0 aliphatic carbocycles. The average Bonchev–Trinajstić information content (AvgIpc) is 2.56. The number of aromatic nitrogens is 2. The molecule has 1 aromatic rings. The van der Waals surface area contributed by atoms with E-state index in [1.54, 1.807) is 23.5 Å². The first-order valence-electron chi connectivity index (χ1n) is 7.92. The third-order valence-corrected chi connectivity index (χ3v) is 4.01. The van der Waals surface area contributed by atoms with Gasteiger partial charge in [0.05, 0.1) is 5.69 Å². The van der Waals surface area contributed by atoms with Gasteiger partial charge in [0.2, 0.25) is 11.8 Å². The minimum absolute atomic E-state index is 0.00681. The Labute approximate surface area is 136 Å². The van der Waals surface area contributed by atoms with Crippen LogP contribution in [0.25, 0.3) is 0 Å². The van der Waals surface area contributed by atoms with Crippen molar-refractivity contribution < 1.29 is 14.3 Å². The molecular formula is C16H24N4O3. The van der Waals surface area contributed by atoms with Crippen LogP contribution in [0.4, 0.5) is 0 Å². The quantitative estimate of drug-likeness (QED) is 0.820. The second-order valence-electron chi connectivity index (χ2n) is 5.90. The highest BCUT2D eigenvalue weighted by Gasteiger charge is 2.27. The van der Waals surface area contributed by atoms with Crippen molar-refractivity contribution in [2.45, 2.75) is 32.2 Å². The summed E-state index contributed by atoms with van der Waals surface area (Å²) in [6.45, 7) is 3.29. The number of ether oxygens (including phenoxy) is 1. The average molecular weight is 320 g/mol. The topological polar surface area (TPSA) is 84.4 Å². The Morgan fingerprint density at radius 3 is 2.74 bits per heavy atom. The maximum atomic E-state index is 12.3. The van der Waals surface area contributed by atoms with Crippen LogP contribution in [0.2, 0.25) is 0 Å². The van der Waals surface area contributed by atoms with Gasteiger partial charge in [-0.05, 0) is 19.8 Å². The van der Waals surface area contributed by atoms with Crippen LogP contribution in [0.5, 0.6) is 0 Å². The predicted molar refractivity (Wildman–Crippen MR) is 84.5 cm³/mol. The molecule has 0 radical (unpaired) electrons. The minimum atomic E-state index is -0.0362. The first-order valence-corrected chi connectivity index (χ1v) is 7.92. The van der Waals surface area contributed by atoms with E-state index in [4.69, 9.17) is 4.74 Å². The summed E-state index contributed by atoms with van der Waals surface area (Å²) in [4.78, 5) is 34.1. The number of hydrogen-bond acceptors (Lipinski definition) is 5. The van der Waals surface area contributed by atoms with Crippen molar-refractivity contribution in [3.63, 3.8) is 0 Å². The smallest absolute Gasteiger partial charge is 0.248 e. The number of nitrogens with zero attached hydrogens (tertiary/aromatic N) is 3. The van der Waals surface area contributed by atoms with Crippen LogP contribution in [0.1, 0.15) is 25.5 Å². The summed E-state index contributed by atoms with van der Waals surface area (Å²) < 4.78 is 4.86. The van der Waals surface area contributed by atoms with E-state index in [0.717, 1.165) is 5.69 Å². The third-order valence-electron chi connectivity index (χ3n) is 4.01. The van der Waals surface area contributed by atoms with E-state index < -0.39 is 0 Å². The number of amides is 2. The molecule has 1 fully saturated rings. The number of carbonyl (C=O) groups is 2. The van der Waals surface area contributed by atoms with Gasteiger partial charge in [0.1, 0.15) is 6.61 Å². The molecule has 0 aromatic carbocycles. The van der Waals surface area contributed by atoms with Crippen molar-refractivity contribution in [1.82, 2.24) is 20.2 Å². The number of methoxy groups -OCH3 is 1. The molecule has 1 atom stereocenters. The minimum Gasteiger partial charge on any atom is -0.375 e. The van der Waals surface area contributed by atoms with Crippen molar-refractivity contribution in [3.8, 4) is 0 Å². The summed E-state index contributed by atoms with van der Waals surface area (Å²) in [6.07, 6.45) is 7.04. The SMILES string of the molecule is COCC(=O)N1CCC(C(=O)NC(C)Cc2cnccn2)CC1. The highest BCUT2D eigenvalue weighted by molar-refractivity contribution is 5.80. The zero-order valence-electron chi connectivity index (χ0n) is 13.7. The lowest BCUT2D eigenvalue weighted by atomic mass is 9.95. The van der Waals surface area contributed by atoms with E-state index in [1.807, 2.05) is 6.92 Å². The Morgan fingerprint density at radius 2 is 2.13 bits per heavy atom. The lowest BCUT2D eigenvalue weighted by Gasteiger charge is -2.31. The van der Waals surface area contributed by atoms with Gasteiger partial charge < -0.3 is 15.0 Å². The fraction of sp³-hybridized carbons (Fsp3) is 0.625. The molecule has 2 amide bonds. The maximum Gasteiger partial charge on any atom is 0.248 e. The molecule has 1 saturated heterocycles. The molecule has 0 bridgehead atoms. The van der Waals surface area contributed by atoms with Gasteiger partial charge in [-0.1, -0.05) is 0 Å². The van der Waals surface area contributed by atoms with Crippen LogP contribution in [0, 0.1) is 5.92 Å². The zero-order valence-corrected chi connectivity index (χ0v) is 13.7. The lowest BCUT2D eigenvalue weighted by molar-refractivity contribution is -0.138. The molecule has 2 rings (SSSR count). The summed E-state index contributed by atoms with van der Waals surface area (Å²) in [6, 6.07) is 0.00681. The van der Waals surface area contributed by atoms with Crippen molar-refractivity contribution in [1.29, 1.82) is 0 Å². The van der Waals surface area contributed by atoms with Gasteiger partial charge in [-0.3, -0.25) is 19.6 Å². The molecule has 126 valence electrons. The van der Waals surface area contributed by atoms with E-state index in [1.165, 1.54) is 7.11 Å². The standard InChI is InChI=1S/C16H24N4O3/c1-12(9-14-10-17-5-6-18-14)19-16(22)13-3-7-20(8-4-13)15(21)11-23-2/h5-6,10,12-13H,3-4,7-9,11H2,1-2H3,(H,19,22). The summed E-state index contributed by atoms with van der Waals surface area (Å²) in [5, 5.41) is 3.03. The predicted octanol–water partition coefficient (Wildman–Crippen LogP) is 0.409. The van der Waals surface area contributed by atoms with Crippen molar-refractivity contribution >= 4 is 11.8 Å². The first kappa shape index (κ1) is 17.3. The van der Waals surface area contributed by atoms with Gasteiger partial charge in [-0.25, -0.2) is 0 Å². The fourth-order valence-electron chi connectivity index (χ4n) is 2.77. The number of carbonyl (C=O) groups excluding carboxylic acids is 2. The number of rotatable bonds is 6. The molecule has 1 aliphatic heterocycles. The van der Waals surface area contributed by atoms with Crippen molar-refractivity contribution in [3.05, 3.63) is 24.3 Å². The van der Waals surface area contributed by atoms with Gasteiger partial charge >= 0.3 is 0 Å². The van der Waals surface area contributed by atoms with Crippen LogP contribution >= 0.6 is 0 Å². The Balaban J connectivity index is 1.75. The zero-order chi connectivity index (χ0) is 16.7. The Bertz CT molecular complexity index is 515. The molecule has 1 aliphatic rings. The van der Waals surface area contributed by atoms with Crippen LogP contribution < -0.4 is 5.32 Å². The number of likely N-dealkylation sites (tertiary alicyclic amines) is 1. The van der Waals surface area contributed by atoms with E-state index in [-0.39, 0.29) is 30.4 Å². The molecule has 23 heavy (non-hydrogen) atoms. The van der Waals surface area contributed by atoms with Crippen molar-refractivity contribution in [2.75, 3.05) is 26.8 Å². The van der Waals surface area contributed by atoms with Crippen LogP contribution in [0.15, 0.2) is 18.6 Å². The molecule has 7 nitrogen and oxygen atoms in total. The van der Waals surface area contributed by atoms with E-state index >= 15 is 0 Å². The van der Waals surface area contributed by atoms with Crippen molar-refractivity contribution in [2.24, 2.45) is 5.92 Å². The van der Waals surface area contributed by atoms with Crippen LogP contribution in [-0.4, -0.2) is 59.5 Å². The maximum absolute atomic E-state index is 12.3. The van der Waals surface area contributed by atoms with Gasteiger partial charge in [0.25, 0.3) is 0 Å². The largest absolute Gasteiger partial charge is 0.375 e. The monoisotopic (exact) mass is 320 g/mol. The summed E-state index contributed by atoms with van der Waals surface area (Å²) in [5.41, 5.74) is 0.861. The summed E-state index contributed by atoms with van der Waals surface area (Å²) in [5.74, 6) is 0.00788. The molecule has 0 spiro atoms. The number of hydrogen-bond donors (Lipinski definition) is 1. The highest BCUT2D eigenvalue weighted by atomic mass is 16.5. The Kier molecular flexibility index (Phi) is 6.46. The van der Waals surface area contributed by atoms with E-state index in [9.17, 15) is 9.59 Å². The molecule has 7 heteroatoms. The summed E-state index contributed by atoms with van der Waals surface area (Å²) >= 11 is 0. The first-order chi connectivity index (χ1) is 11.1. The molecular weight excluding hydrogens is 296 g/mol.